The smallest absolute Gasteiger partial charge is 0.0946 e. The van der Waals surface area contributed by atoms with E-state index in [-0.39, 0.29) is 0 Å². The van der Waals surface area contributed by atoms with Gasteiger partial charge in [0, 0.05) is 29.9 Å². The summed E-state index contributed by atoms with van der Waals surface area (Å²) >= 11 is 4.31. The minimum atomic E-state index is 0.324. The summed E-state index contributed by atoms with van der Waals surface area (Å²) < 4.78 is 2.56. The molecule has 2 atom stereocenters. The molecule has 4 heteroatoms. The maximum atomic E-state index is 4.19. The summed E-state index contributed by atoms with van der Waals surface area (Å²) in [6.45, 7) is 5.57. The fourth-order valence-electron chi connectivity index (χ4n) is 2.97. The van der Waals surface area contributed by atoms with Crippen molar-refractivity contribution in [2.45, 2.75) is 49.0 Å². The lowest BCUT2D eigenvalue weighted by molar-refractivity contribution is 0.571. The summed E-state index contributed by atoms with van der Waals surface area (Å²) in [6.07, 6.45) is 9.62. The van der Waals surface area contributed by atoms with Crippen molar-refractivity contribution < 1.29 is 0 Å². The highest BCUT2D eigenvalue weighted by atomic mass is 32.2. The van der Waals surface area contributed by atoms with Crippen LogP contribution in [0.1, 0.15) is 30.9 Å². The number of aryl methyl sites for hydroxylation is 2. The number of rotatable bonds is 6. The van der Waals surface area contributed by atoms with Crippen LogP contribution in [-0.4, -0.2) is 24.6 Å². The van der Waals surface area contributed by atoms with Gasteiger partial charge in [-0.3, -0.25) is 0 Å². The van der Waals surface area contributed by atoms with Gasteiger partial charge in [-0.05, 0) is 31.7 Å². The van der Waals surface area contributed by atoms with Crippen molar-refractivity contribution in [1.82, 2.24) is 9.55 Å². The van der Waals surface area contributed by atoms with Gasteiger partial charge >= 0.3 is 0 Å². The molecule has 22 heavy (non-hydrogen) atoms. The fraction of sp³-hybridized carbons (Fsp3) is 0.500. The van der Waals surface area contributed by atoms with Gasteiger partial charge in [-0.15, -0.1) is 23.5 Å². The van der Waals surface area contributed by atoms with Gasteiger partial charge in [0.25, 0.3) is 0 Å². The first-order valence-corrected chi connectivity index (χ1v) is 9.85. The highest BCUT2D eigenvalue weighted by Crippen LogP contribution is 2.51. The van der Waals surface area contributed by atoms with E-state index in [0.717, 1.165) is 11.8 Å². The van der Waals surface area contributed by atoms with Crippen molar-refractivity contribution in [3.8, 4) is 0 Å². The van der Waals surface area contributed by atoms with Crippen LogP contribution in [0.25, 0.3) is 0 Å². The standard InChI is InChI=1S/C18H24N2S2/c1-15-5-7-17(8-6-15)4-3-9-18(21-12-16(2)22-18)13-20-11-10-19-14-20/h5-8,10-11,14,16H,3-4,9,12-13H2,1-2H3. The van der Waals surface area contributed by atoms with Crippen LogP contribution in [0.4, 0.5) is 0 Å². The fourth-order valence-corrected chi connectivity index (χ4v) is 6.70. The van der Waals surface area contributed by atoms with Crippen molar-refractivity contribution in [1.29, 1.82) is 0 Å². The predicted octanol–water partition coefficient (Wildman–Crippen LogP) is 4.78. The number of thioether (sulfide) groups is 2. The molecule has 1 aliphatic rings. The molecular weight excluding hydrogens is 308 g/mol. The van der Waals surface area contributed by atoms with Crippen LogP contribution >= 0.6 is 23.5 Å². The average Bonchev–Trinajstić information content (AvgIpc) is 3.12. The van der Waals surface area contributed by atoms with E-state index >= 15 is 0 Å². The third-order valence-electron chi connectivity index (χ3n) is 4.12. The van der Waals surface area contributed by atoms with Crippen LogP contribution in [0.5, 0.6) is 0 Å². The summed E-state index contributed by atoms with van der Waals surface area (Å²) in [6, 6.07) is 8.99. The van der Waals surface area contributed by atoms with Crippen LogP contribution in [-0.2, 0) is 13.0 Å². The molecular formula is C18H24N2S2. The summed E-state index contributed by atoms with van der Waals surface area (Å²) in [4.78, 5) is 4.19. The molecule has 1 saturated heterocycles. The van der Waals surface area contributed by atoms with Crippen LogP contribution < -0.4 is 0 Å². The van der Waals surface area contributed by atoms with Gasteiger partial charge in [-0.2, -0.15) is 0 Å². The Labute approximate surface area is 142 Å². The lowest BCUT2D eigenvalue weighted by atomic mass is 10.1. The maximum Gasteiger partial charge on any atom is 0.0946 e. The first kappa shape index (κ1) is 16.0. The summed E-state index contributed by atoms with van der Waals surface area (Å²) in [7, 11) is 0. The Morgan fingerprint density at radius 2 is 2.14 bits per heavy atom. The molecule has 0 N–H and O–H groups in total. The van der Waals surface area contributed by atoms with Crippen LogP contribution in [0, 0.1) is 6.92 Å². The molecule has 0 saturated carbocycles. The zero-order valence-electron chi connectivity index (χ0n) is 13.4. The lowest BCUT2D eigenvalue weighted by Crippen LogP contribution is -2.24. The van der Waals surface area contributed by atoms with Crippen molar-refractivity contribution in [3.63, 3.8) is 0 Å². The molecule has 1 fully saturated rings. The molecule has 1 aromatic carbocycles. The van der Waals surface area contributed by atoms with Gasteiger partial charge in [0.2, 0.25) is 0 Å². The van der Waals surface area contributed by atoms with Gasteiger partial charge < -0.3 is 4.57 Å². The second-order valence-corrected chi connectivity index (χ2v) is 9.71. The van der Waals surface area contributed by atoms with Gasteiger partial charge in [0.15, 0.2) is 0 Å². The molecule has 0 spiro atoms. The van der Waals surface area contributed by atoms with E-state index in [1.807, 2.05) is 12.5 Å². The monoisotopic (exact) mass is 332 g/mol. The molecule has 118 valence electrons. The Balaban J connectivity index is 1.59. The van der Waals surface area contributed by atoms with Crippen molar-refractivity contribution in [2.24, 2.45) is 0 Å². The van der Waals surface area contributed by atoms with E-state index in [0.29, 0.717) is 4.08 Å². The molecule has 2 nitrogen and oxygen atoms in total. The third kappa shape index (κ3) is 4.11. The minimum absolute atomic E-state index is 0.324. The summed E-state index contributed by atoms with van der Waals surface area (Å²) in [5.41, 5.74) is 2.81. The van der Waals surface area contributed by atoms with Crippen molar-refractivity contribution in [3.05, 3.63) is 54.1 Å². The number of benzene rings is 1. The first-order valence-electron chi connectivity index (χ1n) is 7.98. The van der Waals surface area contributed by atoms with Crippen molar-refractivity contribution in [2.75, 3.05) is 5.75 Å². The quantitative estimate of drug-likeness (QED) is 0.758. The Kier molecular flexibility index (Phi) is 5.19. The molecule has 0 amide bonds. The normalized spacial score (nSPS) is 24.7. The van der Waals surface area contributed by atoms with Gasteiger partial charge in [0.1, 0.15) is 0 Å². The van der Waals surface area contributed by atoms with E-state index in [4.69, 9.17) is 0 Å². The van der Waals surface area contributed by atoms with E-state index in [2.05, 4.69) is 77.4 Å². The van der Waals surface area contributed by atoms with E-state index in [9.17, 15) is 0 Å². The van der Waals surface area contributed by atoms with E-state index in [1.165, 1.54) is 36.1 Å². The molecule has 0 bridgehead atoms. The Morgan fingerprint density at radius 1 is 1.32 bits per heavy atom. The second-order valence-electron chi connectivity index (χ2n) is 6.22. The predicted molar refractivity (Wildman–Crippen MR) is 98.6 cm³/mol. The third-order valence-corrected chi connectivity index (χ3v) is 7.83. The number of hydrogen-bond donors (Lipinski definition) is 0. The summed E-state index contributed by atoms with van der Waals surface area (Å²) in [5.74, 6) is 1.27. The molecule has 2 unspecified atom stereocenters. The zero-order valence-corrected chi connectivity index (χ0v) is 15.0. The topological polar surface area (TPSA) is 17.8 Å². The maximum absolute atomic E-state index is 4.19. The molecule has 2 aromatic rings. The Morgan fingerprint density at radius 3 is 2.77 bits per heavy atom. The van der Waals surface area contributed by atoms with E-state index < -0.39 is 0 Å². The average molecular weight is 333 g/mol. The highest BCUT2D eigenvalue weighted by Gasteiger charge is 2.38. The molecule has 1 aliphatic heterocycles. The molecule has 2 heterocycles. The Bertz CT molecular complexity index is 580. The number of aromatic nitrogens is 2. The van der Waals surface area contributed by atoms with Crippen LogP contribution in [0.2, 0.25) is 0 Å². The van der Waals surface area contributed by atoms with Crippen LogP contribution in [0.15, 0.2) is 43.0 Å². The largest absolute Gasteiger partial charge is 0.335 e. The minimum Gasteiger partial charge on any atom is -0.335 e. The number of imidazole rings is 1. The number of hydrogen-bond acceptors (Lipinski definition) is 3. The second kappa shape index (κ2) is 7.14. The lowest BCUT2D eigenvalue weighted by Gasteiger charge is -2.28. The summed E-state index contributed by atoms with van der Waals surface area (Å²) in [5, 5.41) is 0.757. The molecule has 0 aliphatic carbocycles. The number of nitrogens with zero attached hydrogens (tertiary/aromatic N) is 2. The van der Waals surface area contributed by atoms with Crippen molar-refractivity contribution >= 4 is 23.5 Å². The van der Waals surface area contributed by atoms with Gasteiger partial charge in [-0.25, -0.2) is 4.98 Å². The molecule has 1 aromatic heterocycles. The zero-order chi connectivity index (χ0) is 15.4. The highest BCUT2D eigenvalue weighted by molar-refractivity contribution is 8.21. The molecule has 0 radical (unpaired) electrons. The Hall–Kier alpha value is -0.870. The van der Waals surface area contributed by atoms with Gasteiger partial charge in [0.05, 0.1) is 10.4 Å². The SMILES string of the molecule is Cc1ccc(CCCC2(Cn3ccnc3)SCC(C)S2)cc1. The van der Waals surface area contributed by atoms with Gasteiger partial charge in [-0.1, -0.05) is 36.8 Å². The first-order chi connectivity index (χ1) is 10.7. The van der Waals surface area contributed by atoms with E-state index in [1.54, 1.807) is 0 Å². The molecule has 3 rings (SSSR count). The van der Waals surface area contributed by atoms with Crippen LogP contribution in [0.3, 0.4) is 0 Å².